The summed E-state index contributed by atoms with van der Waals surface area (Å²) in [5.41, 5.74) is 1.24. The van der Waals surface area contributed by atoms with E-state index in [2.05, 4.69) is 33.8 Å². The SMILES string of the molecule is COC(=O)C[C@H](NC(=O)CC[Te]c1ccccc1C)C(=O)OC. The van der Waals surface area contributed by atoms with Crippen LogP contribution in [0.5, 0.6) is 0 Å². The van der Waals surface area contributed by atoms with Gasteiger partial charge in [-0.3, -0.25) is 0 Å². The first-order valence-corrected chi connectivity index (χ1v) is 9.91. The first-order valence-electron chi connectivity index (χ1n) is 7.10. The number of carbonyl (C=O) groups is 3. The molecule has 0 unspecified atom stereocenters. The molecule has 0 spiro atoms. The Bertz CT molecular complexity index is 561. The average molecular weight is 435 g/mol. The molecule has 0 aromatic heterocycles. The zero-order chi connectivity index (χ0) is 17.2. The molecule has 0 heterocycles. The van der Waals surface area contributed by atoms with Crippen LogP contribution in [-0.2, 0) is 23.9 Å². The Morgan fingerprint density at radius 2 is 1.87 bits per heavy atom. The van der Waals surface area contributed by atoms with Crippen LogP contribution in [0.15, 0.2) is 24.3 Å². The second-order valence-electron chi connectivity index (χ2n) is 4.79. The number of nitrogens with one attached hydrogen (secondary N) is 1. The molecular formula is C16H21NO5Te. The van der Waals surface area contributed by atoms with E-state index in [1.807, 2.05) is 12.1 Å². The molecule has 126 valence electrons. The van der Waals surface area contributed by atoms with Crippen LogP contribution < -0.4 is 8.93 Å². The molecule has 0 aliphatic heterocycles. The van der Waals surface area contributed by atoms with Crippen molar-refractivity contribution < 1.29 is 23.9 Å². The van der Waals surface area contributed by atoms with E-state index in [-0.39, 0.29) is 12.3 Å². The molecule has 6 nitrogen and oxygen atoms in total. The number of aryl methyl sites for hydroxylation is 1. The van der Waals surface area contributed by atoms with Crippen molar-refractivity contribution in [1.29, 1.82) is 0 Å². The Kier molecular flexibility index (Phi) is 8.67. The zero-order valence-corrected chi connectivity index (χ0v) is 15.8. The number of rotatable bonds is 8. The third kappa shape index (κ3) is 7.02. The van der Waals surface area contributed by atoms with Crippen molar-refractivity contribution in [3.8, 4) is 0 Å². The van der Waals surface area contributed by atoms with Gasteiger partial charge in [-0.1, -0.05) is 0 Å². The number of benzene rings is 1. The molecule has 0 fully saturated rings. The van der Waals surface area contributed by atoms with E-state index in [1.165, 1.54) is 23.4 Å². The summed E-state index contributed by atoms with van der Waals surface area (Å²) >= 11 is -0.452. The van der Waals surface area contributed by atoms with Crippen molar-refractivity contribution >= 4 is 42.4 Å². The van der Waals surface area contributed by atoms with Crippen LogP contribution >= 0.6 is 0 Å². The Balaban J connectivity index is 2.47. The quantitative estimate of drug-likeness (QED) is 0.471. The number of ether oxygens (including phenoxy) is 2. The van der Waals surface area contributed by atoms with Gasteiger partial charge in [-0.25, -0.2) is 0 Å². The summed E-state index contributed by atoms with van der Waals surface area (Å²) in [5, 5.41) is 2.54. The van der Waals surface area contributed by atoms with E-state index >= 15 is 0 Å². The molecule has 0 radical (unpaired) electrons. The predicted octanol–water partition coefficient (Wildman–Crippen LogP) is 0.354. The molecule has 1 amide bonds. The van der Waals surface area contributed by atoms with E-state index in [0.717, 1.165) is 4.47 Å². The van der Waals surface area contributed by atoms with Crippen LogP contribution in [0.1, 0.15) is 18.4 Å². The van der Waals surface area contributed by atoms with E-state index in [4.69, 9.17) is 0 Å². The Morgan fingerprint density at radius 1 is 1.17 bits per heavy atom. The fourth-order valence-electron chi connectivity index (χ4n) is 1.82. The van der Waals surface area contributed by atoms with Crippen LogP contribution in [0, 0.1) is 6.92 Å². The molecule has 1 atom stereocenters. The van der Waals surface area contributed by atoms with Crippen molar-refractivity contribution in [3.63, 3.8) is 0 Å². The van der Waals surface area contributed by atoms with Crippen molar-refractivity contribution in [2.75, 3.05) is 14.2 Å². The van der Waals surface area contributed by atoms with Gasteiger partial charge < -0.3 is 0 Å². The molecule has 1 rings (SSSR count). The van der Waals surface area contributed by atoms with Crippen molar-refractivity contribution in [2.45, 2.75) is 30.3 Å². The molecule has 7 heteroatoms. The first-order chi connectivity index (χ1) is 11.0. The molecule has 0 saturated heterocycles. The molecule has 1 aromatic carbocycles. The number of hydrogen-bond donors (Lipinski definition) is 1. The van der Waals surface area contributed by atoms with Gasteiger partial charge in [0.2, 0.25) is 0 Å². The fraction of sp³-hybridized carbons (Fsp3) is 0.438. The maximum atomic E-state index is 12.0. The van der Waals surface area contributed by atoms with Crippen molar-refractivity contribution in [2.24, 2.45) is 0 Å². The van der Waals surface area contributed by atoms with Gasteiger partial charge >= 0.3 is 146 Å². The number of amides is 1. The molecular weight excluding hydrogens is 414 g/mol. The van der Waals surface area contributed by atoms with Crippen LogP contribution in [0.4, 0.5) is 0 Å². The van der Waals surface area contributed by atoms with Gasteiger partial charge in [0.15, 0.2) is 0 Å². The van der Waals surface area contributed by atoms with Crippen LogP contribution in [0.25, 0.3) is 0 Å². The van der Waals surface area contributed by atoms with E-state index < -0.39 is 38.9 Å². The third-order valence-electron chi connectivity index (χ3n) is 3.10. The summed E-state index contributed by atoms with van der Waals surface area (Å²) in [5.74, 6) is -1.49. The standard InChI is InChI=1S/C16H21NO5Te/c1-11-6-4-5-7-13(11)23-9-8-14(18)17-12(16(20)22-3)10-15(19)21-2/h4-7,12H,8-10H2,1-3H3,(H,17,18)/t12-/m0/s1. The summed E-state index contributed by atoms with van der Waals surface area (Å²) in [6.45, 7) is 2.06. The van der Waals surface area contributed by atoms with Gasteiger partial charge in [0, 0.05) is 0 Å². The summed E-state index contributed by atoms with van der Waals surface area (Å²) < 4.78 is 11.2. The molecule has 1 N–H and O–H groups in total. The summed E-state index contributed by atoms with van der Waals surface area (Å²) in [7, 11) is 2.44. The Morgan fingerprint density at radius 3 is 2.48 bits per heavy atom. The fourth-order valence-corrected chi connectivity index (χ4v) is 4.62. The zero-order valence-electron chi connectivity index (χ0n) is 13.5. The van der Waals surface area contributed by atoms with E-state index in [9.17, 15) is 14.4 Å². The van der Waals surface area contributed by atoms with Crippen molar-refractivity contribution in [1.82, 2.24) is 5.32 Å². The van der Waals surface area contributed by atoms with Gasteiger partial charge in [-0.05, 0) is 0 Å². The van der Waals surface area contributed by atoms with Gasteiger partial charge in [0.25, 0.3) is 0 Å². The summed E-state index contributed by atoms with van der Waals surface area (Å²) in [6.07, 6.45) is 0.0919. The summed E-state index contributed by atoms with van der Waals surface area (Å²) in [4.78, 5) is 34.9. The van der Waals surface area contributed by atoms with E-state index in [0.29, 0.717) is 6.42 Å². The van der Waals surface area contributed by atoms with Gasteiger partial charge in [-0.2, -0.15) is 0 Å². The number of esters is 2. The maximum absolute atomic E-state index is 12.0. The molecule has 0 bridgehead atoms. The second kappa shape index (κ2) is 10.2. The second-order valence-corrected chi connectivity index (χ2v) is 8.03. The van der Waals surface area contributed by atoms with Crippen LogP contribution in [-0.4, -0.2) is 59.0 Å². The minimum absolute atomic E-state index is 0.233. The monoisotopic (exact) mass is 437 g/mol. The average Bonchev–Trinajstić information content (AvgIpc) is 2.55. The van der Waals surface area contributed by atoms with Crippen LogP contribution in [0.2, 0.25) is 4.47 Å². The molecule has 0 aliphatic rings. The summed E-state index contributed by atoms with van der Waals surface area (Å²) in [6, 6.07) is 7.13. The molecule has 23 heavy (non-hydrogen) atoms. The third-order valence-corrected chi connectivity index (χ3v) is 6.46. The predicted molar refractivity (Wildman–Crippen MR) is 86.6 cm³/mol. The Labute approximate surface area is 146 Å². The number of carbonyl (C=O) groups excluding carboxylic acids is 3. The van der Waals surface area contributed by atoms with Crippen LogP contribution in [0.3, 0.4) is 0 Å². The van der Waals surface area contributed by atoms with Crippen molar-refractivity contribution in [3.05, 3.63) is 29.8 Å². The Hall–Kier alpha value is -1.58. The number of hydrogen-bond acceptors (Lipinski definition) is 5. The topological polar surface area (TPSA) is 81.7 Å². The molecule has 0 aliphatic carbocycles. The normalized spacial score (nSPS) is 11.4. The van der Waals surface area contributed by atoms with Gasteiger partial charge in [0.1, 0.15) is 0 Å². The molecule has 1 aromatic rings. The van der Waals surface area contributed by atoms with E-state index in [1.54, 1.807) is 0 Å². The first kappa shape index (κ1) is 19.5. The minimum atomic E-state index is -1.00. The van der Waals surface area contributed by atoms with Gasteiger partial charge in [-0.15, -0.1) is 0 Å². The van der Waals surface area contributed by atoms with Gasteiger partial charge in [0.05, 0.1) is 0 Å². The number of methoxy groups -OCH3 is 2. The molecule has 0 saturated carbocycles.